The van der Waals surface area contributed by atoms with Crippen molar-refractivity contribution in [3.05, 3.63) is 6.61 Å². The third-order valence-electron chi connectivity index (χ3n) is 0.622. The molecule has 0 amide bonds. The van der Waals surface area contributed by atoms with E-state index in [1.165, 1.54) is 0 Å². The van der Waals surface area contributed by atoms with Crippen molar-refractivity contribution in [3.63, 3.8) is 0 Å². The second kappa shape index (κ2) is 5.06. The maximum atomic E-state index is 8.63. The van der Waals surface area contributed by atoms with Crippen LogP contribution in [-0.4, -0.2) is 17.8 Å². The van der Waals surface area contributed by atoms with Crippen LogP contribution in [0.4, 0.5) is 0 Å². The minimum absolute atomic E-state index is 0.349. The zero-order valence-corrected chi connectivity index (χ0v) is 5.42. The van der Waals surface area contributed by atoms with Gasteiger partial charge in [-0.2, -0.15) is 0 Å². The average Bonchev–Trinajstić information content (AvgIpc) is 1.66. The van der Waals surface area contributed by atoms with Gasteiger partial charge >= 0.3 is 0 Å². The fourth-order valence-corrected chi connectivity index (χ4v) is 0.325. The van der Waals surface area contributed by atoms with Gasteiger partial charge in [0, 0.05) is 0 Å². The molecule has 1 atom stereocenters. The lowest BCUT2D eigenvalue weighted by molar-refractivity contribution is 0.0762. The van der Waals surface area contributed by atoms with Crippen molar-refractivity contribution in [1.82, 2.24) is 0 Å². The molecule has 49 valence electrons. The second-order valence-electron chi connectivity index (χ2n) is 1.76. The molecule has 0 bridgehead atoms. The van der Waals surface area contributed by atoms with Crippen LogP contribution < -0.4 is 0 Å². The maximum absolute atomic E-state index is 8.63. The van der Waals surface area contributed by atoms with E-state index >= 15 is 0 Å². The molecule has 0 heterocycles. The summed E-state index contributed by atoms with van der Waals surface area (Å²) in [5.74, 6) is 0. The van der Waals surface area contributed by atoms with Crippen molar-refractivity contribution in [1.29, 1.82) is 0 Å². The van der Waals surface area contributed by atoms with Gasteiger partial charge in [0.25, 0.3) is 0 Å². The van der Waals surface area contributed by atoms with Crippen LogP contribution >= 0.6 is 0 Å². The van der Waals surface area contributed by atoms with Gasteiger partial charge in [-0.05, 0) is 13.3 Å². The fourth-order valence-electron chi connectivity index (χ4n) is 0.325. The Bertz CT molecular complexity index is 43.8. The van der Waals surface area contributed by atoms with Gasteiger partial charge in [-0.15, -0.1) is 0 Å². The van der Waals surface area contributed by atoms with Gasteiger partial charge in [-0.1, -0.05) is 6.92 Å². The Kier molecular flexibility index (Phi) is 5.01. The maximum Gasteiger partial charge on any atom is 0.0835 e. The normalized spacial score (nSPS) is 13.9. The van der Waals surface area contributed by atoms with Gasteiger partial charge in [0.2, 0.25) is 0 Å². The monoisotopic (exact) mass is 117 g/mol. The first-order valence-electron chi connectivity index (χ1n) is 2.88. The zero-order valence-electron chi connectivity index (χ0n) is 5.42. The van der Waals surface area contributed by atoms with Crippen LogP contribution in [0, 0.1) is 6.61 Å². The molecule has 0 spiro atoms. The van der Waals surface area contributed by atoms with Crippen LogP contribution in [0.25, 0.3) is 0 Å². The highest BCUT2D eigenvalue weighted by molar-refractivity contribution is 4.47. The molecule has 8 heavy (non-hydrogen) atoms. The lowest BCUT2D eigenvalue weighted by atomic mass is 10.4. The molecular weight excluding hydrogens is 104 g/mol. The molecule has 0 saturated heterocycles. The molecule has 1 unspecified atom stereocenters. The molecule has 1 radical (unpaired) electrons. The fraction of sp³-hybridized carbons (Fsp3) is 0.833. The highest BCUT2D eigenvalue weighted by atomic mass is 16.5. The molecule has 0 aromatic carbocycles. The Labute approximate surface area is 50.5 Å². The van der Waals surface area contributed by atoms with Crippen LogP contribution in [0.15, 0.2) is 0 Å². The van der Waals surface area contributed by atoms with Gasteiger partial charge in [-0.3, -0.25) is 0 Å². The lowest BCUT2D eigenvalue weighted by Crippen LogP contribution is -2.08. The highest BCUT2D eigenvalue weighted by Crippen LogP contribution is 1.89. The Hall–Kier alpha value is -0.0800. The summed E-state index contributed by atoms with van der Waals surface area (Å²) in [5, 5.41) is 8.63. The van der Waals surface area contributed by atoms with Crippen molar-refractivity contribution in [2.45, 2.75) is 26.4 Å². The van der Waals surface area contributed by atoms with Crippen LogP contribution in [0.2, 0.25) is 0 Å². The first-order chi connectivity index (χ1) is 3.77. The topological polar surface area (TPSA) is 29.5 Å². The molecule has 0 aliphatic carbocycles. The molecule has 0 fully saturated rings. The van der Waals surface area contributed by atoms with E-state index in [1.54, 1.807) is 13.5 Å². The van der Waals surface area contributed by atoms with E-state index in [-0.39, 0.29) is 6.10 Å². The first-order valence-corrected chi connectivity index (χ1v) is 2.88. The quantitative estimate of drug-likeness (QED) is 0.556. The van der Waals surface area contributed by atoms with Gasteiger partial charge in [-0.25, -0.2) is 0 Å². The molecule has 2 nitrogen and oxygen atoms in total. The summed E-state index contributed by atoms with van der Waals surface area (Å²) in [4.78, 5) is 0. The van der Waals surface area contributed by atoms with Crippen molar-refractivity contribution in [2.75, 3.05) is 6.61 Å². The number of hydrogen-bond donors (Lipinski definition) is 1. The van der Waals surface area contributed by atoms with Crippen molar-refractivity contribution < 1.29 is 9.84 Å². The Morgan fingerprint density at radius 1 is 1.75 bits per heavy atom. The van der Waals surface area contributed by atoms with Crippen molar-refractivity contribution in [3.8, 4) is 0 Å². The Morgan fingerprint density at radius 3 is 2.75 bits per heavy atom. The van der Waals surface area contributed by atoms with Gasteiger partial charge in [0.1, 0.15) is 0 Å². The molecule has 0 aliphatic heterocycles. The molecule has 0 rings (SSSR count). The van der Waals surface area contributed by atoms with E-state index in [9.17, 15) is 0 Å². The summed E-state index contributed by atoms with van der Waals surface area (Å²) in [6, 6.07) is 0. The van der Waals surface area contributed by atoms with E-state index in [4.69, 9.17) is 9.84 Å². The molecule has 0 saturated carbocycles. The second-order valence-corrected chi connectivity index (χ2v) is 1.76. The zero-order chi connectivity index (χ0) is 6.41. The summed E-state index contributed by atoms with van der Waals surface area (Å²) in [6.45, 7) is 5.78. The number of hydrogen-bond acceptors (Lipinski definition) is 2. The van der Waals surface area contributed by atoms with Crippen LogP contribution in [0.5, 0.6) is 0 Å². The van der Waals surface area contributed by atoms with Crippen LogP contribution in [-0.2, 0) is 4.74 Å². The smallest absolute Gasteiger partial charge is 0.0835 e. The van der Waals surface area contributed by atoms with Crippen LogP contribution in [0.1, 0.15) is 20.3 Å². The van der Waals surface area contributed by atoms with Crippen molar-refractivity contribution in [2.24, 2.45) is 0 Å². The lowest BCUT2D eigenvalue weighted by Gasteiger charge is -2.02. The molecule has 0 aromatic rings. The van der Waals surface area contributed by atoms with E-state index in [0.717, 1.165) is 6.42 Å². The molecule has 2 heteroatoms. The largest absolute Gasteiger partial charge is 0.391 e. The minimum Gasteiger partial charge on any atom is -0.391 e. The van der Waals surface area contributed by atoms with E-state index < -0.39 is 0 Å². The van der Waals surface area contributed by atoms with Gasteiger partial charge in [0.15, 0.2) is 0 Å². The molecular formula is C6H13O2. The highest BCUT2D eigenvalue weighted by Gasteiger charge is 1.92. The number of aliphatic hydroxyl groups excluding tert-OH is 1. The SMILES string of the molecule is CC[CH]OCC(C)O. The van der Waals surface area contributed by atoms with E-state index in [1.807, 2.05) is 6.92 Å². The number of ether oxygens (including phenoxy) is 1. The van der Waals surface area contributed by atoms with Crippen LogP contribution in [0.3, 0.4) is 0 Å². The predicted octanol–water partition coefficient (Wildman–Crippen LogP) is 0.956. The number of rotatable bonds is 4. The first kappa shape index (κ1) is 7.92. The summed E-state index contributed by atoms with van der Waals surface area (Å²) < 4.78 is 4.87. The van der Waals surface area contributed by atoms with Gasteiger partial charge in [0.05, 0.1) is 19.3 Å². The number of aliphatic hydroxyl groups is 1. The Balaban J connectivity index is 2.72. The summed E-state index contributed by atoms with van der Waals surface area (Å²) in [5.41, 5.74) is 0. The molecule has 1 N–H and O–H groups in total. The summed E-state index contributed by atoms with van der Waals surface area (Å²) in [6.07, 6.45) is 0.546. The standard InChI is InChI=1S/C6H13O2/c1-3-4-8-5-6(2)7/h4,6-7H,3,5H2,1-2H3. The molecule has 0 aliphatic rings. The van der Waals surface area contributed by atoms with Gasteiger partial charge < -0.3 is 9.84 Å². The van der Waals surface area contributed by atoms with E-state index in [0.29, 0.717) is 6.61 Å². The third kappa shape index (κ3) is 5.92. The minimum atomic E-state index is -0.349. The average molecular weight is 117 g/mol. The Morgan fingerprint density at radius 2 is 2.38 bits per heavy atom. The predicted molar refractivity (Wildman–Crippen MR) is 32.2 cm³/mol. The summed E-state index contributed by atoms with van der Waals surface area (Å²) in [7, 11) is 0. The van der Waals surface area contributed by atoms with E-state index in [2.05, 4.69) is 0 Å². The molecule has 0 aromatic heterocycles. The van der Waals surface area contributed by atoms with Crippen molar-refractivity contribution >= 4 is 0 Å². The third-order valence-corrected chi connectivity index (χ3v) is 0.622. The summed E-state index contributed by atoms with van der Waals surface area (Å²) >= 11 is 0.